The summed E-state index contributed by atoms with van der Waals surface area (Å²) < 4.78 is 5.40. The zero-order valence-electron chi connectivity index (χ0n) is 15.7. The summed E-state index contributed by atoms with van der Waals surface area (Å²) in [7, 11) is 1.64. The maximum atomic E-state index is 12.8. The molecule has 1 aliphatic rings. The number of hydrogen-bond donors (Lipinski definition) is 1. The maximum Gasteiger partial charge on any atom is 0.255 e. The third-order valence-electron chi connectivity index (χ3n) is 4.73. The smallest absolute Gasteiger partial charge is 0.255 e. The van der Waals surface area contributed by atoms with Gasteiger partial charge in [-0.05, 0) is 37.2 Å². The number of amides is 1. The van der Waals surface area contributed by atoms with Gasteiger partial charge in [0.25, 0.3) is 5.91 Å². The van der Waals surface area contributed by atoms with Crippen molar-refractivity contribution in [2.75, 3.05) is 45.2 Å². The molecule has 0 bridgehead atoms. The second kappa shape index (κ2) is 8.19. The Morgan fingerprint density at radius 2 is 1.96 bits per heavy atom. The molecule has 1 saturated heterocycles. The molecule has 1 fully saturated rings. The van der Waals surface area contributed by atoms with Crippen molar-refractivity contribution < 1.29 is 9.53 Å². The number of nitrogens with zero attached hydrogens (tertiary/aromatic N) is 3. The highest BCUT2D eigenvalue weighted by Gasteiger charge is 2.21. The van der Waals surface area contributed by atoms with Crippen molar-refractivity contribution in [1.82, 2.24) is 14.8 Å². The number of carbonyl (C=O) groups excluding carboxylic acids is 1. The number of carbonyl (C=O) groups is 1. The number of hydrogen-bond acceptors (Lipinski definition) is 5. The van der Waals surface area contributed by atoms with Crippen molar-refractivity contribution in [1.29, 1.82) is 0 Å². The molecule has 0 radical (unpaired) electrons. The van der Waals surface area contributed by atoms with E-state index in [0.29, 0.717) is 5.56 Å². The molecule has 0 spiro atoms. The second-order valence-corrected chi connectivity index (χ2v) is 6.52. The molecule has 3 rings (SSSR count). The van der Waals surface area contributed by atoms with Gasteiger partial charge in [0.2, 0.25) is 0 Å². The van der Waals surface area contributed by atoms with Crippen LogP contribution in [0.1, 0.15) is 22.8 Å². The van der Waals surface area contributed by atoms with Crippen LogP contribution in [0.3, 0.4) is 0 Å². The van der Waals surface area contributed by atoms with E-state index in [-0.39, 0.29) is 5.91 Å². The molecular weight excluding hydrogens is 328 g/mol. The number of ether oxygens (including phenoxy) is 1. The number of methoxy groups -OCH3 is 1. The standard InChI is InChI=1S/C20H26N4O2/c1-4-23-7-9-24(10-8-23)20(25)16-12-17(14-21-13-16)22-18-11-15(2)5-6-19(18)26-3/h5-6,11-14,22H,4,7-10H2,1-3H3. The molecule has 0 atom stereocenters. The monoisotopic (exact) mass is 354 g/mol. The van der Waals surface area contributed by atoms with Crippen LogP contribution < -0.4 is 10.1 Å². The topological polar surface area (TPSA) is 57.7 Å². The Hall–Kier alpha value is -2.60. The summed E-state index contributed by atoms with van der Waals surface area (Å²) in [5, 5.41) is 3.31. The van der Waals surface area contributed by atoms with Crippen LogP contribution >= 0.6 is 0 Å². The van der Waals surface area contributed by atoms with Crippen molar-refractivity contribution >= 4 is 17.3 Å². The van der Waals surface area contributed by atoms with Crippen LogP contribution in [-0.2, 0) is 0 Å². The fourth-order valence-corrected chi connectivity index (χ4v) is 3.15. The molecule has 0 aliphatic carbocycles. The number of anilines is 2. The molecule has 0 saturated carbocycles. The van der Waals surface area contributed by atoms with Crippen molar-refractivity contribution in [2.45, 2.75) is 13.8 Å². The van der Waals surface area contributed by atoms with E-state index in [1.807, 2.05) is 36.1 Å². The number of piperazine rings is 1. The normalized spacial score (nSPS) is 15.0. The van der Waals surface area contributed by atoms with Crippen LogP contribution in [0.2, 0.25) is 0 Å². The average molecular weight is 354 g/mol. The van der Waals surface area contributed by atoms with Gasteiger partial charge in [-0.1, -0.05) is 13.0 Å². The molecule has 1 aliphatic heterocycles. The van der Waals surface area contributed by atoms with Crippen molar-refractivity contribution in [3.63, 3.8) is 0 Å². The molecule has 2 aromatic rings. The highest BCUT2D eigenvalue weighted by Crippen LogP contribution is 2.28. The van der Waals surface area contributed by atoms with E-state index in [9.17, 15) is 4.79 Å². The number of nitrogens with one attached hydrogen (secondary N) is 1. The Labute approximate surface area is 154 Å². The summed E-state index contributed by atoms with van der Waals surface area (Å²) >= 11 is 0. The first kappa shape index (κ1) is 18.2. The van der Waals surface area contributed by atoms with Crippen LogP contribution in [0.25, 0.3) is 0 Å². The van der Waals surface area contributed by atoms with Crippen molar-refractivity contribution in [3.05, 3.63) is 47.8 Å². The lowest BCUT2D eigenvalue weighted by Gasteiger charge is -2.34. The minimum atomic E-state index is 0.0353. The van der Waals surface area contributed by atoms with Crippen LogP contribution in [0.15, 0.2) is 36.7 Å². The van der Waals surface area contributed by atoms with Gasteiger partial charge in [0.05, 0.1) is 30.2 Å². The highest BCUT2D eigenvalue weighted by molar-refractivity contribution is 5.95. The lowest BCUT2D eigenvalue weighted by Crippen LogP contribution is -2.48. The van der Waals surface area contributed by atoms with E-state index < -0.39 is 0 Å². The molecule has 0 unspecified atom stereocenters. The minimum Gasteiger partial charge on any atom is -0.495 e. The fourth-order valence-electron chi connectivity index (χ4n) is 3.15. The third-order valence-corrected chi connectivity index (χ3v) is 4.73. The Morgan fingerprint density at radius 3 is 2.65 bits per heavy atom. The van der Waals surface area contributed by atoms with Gasteiger partial charge in [0, 0.05) is 32.4 Å². The van der Waals surface area contributed by atoms with Gasteiger partial charge in [-0.3, -0.25) is 9.78 Å². The lowest BCUT2D eigenvalue weighted by atomic mass is 10.2. The largest absolute Gasteiger partial charge is 0.495 e. The summed E-state index contributed by atoms with van der Waals surface area (Å²) in [6.07, 6.45) is 3.35. The van der Waals surface area contributed by atoms with Gasteiger partial charge < -0.3 is 19.9 Å². The van der Waals surface area contributed by atoms with E-state index in [1.54, 1.807) is 19.5 Å². The zero-order chi connectivity index (χ0) is 18.5. The number of pyridine rings is 1. The predicted molar refractivity (Wildman–Crippen MR) is 103 cm³/mol. The molecule has 26 heavy (non-hydrogen) atoms. The summed E-state index contributed by atoms with van der Waals surface area (Å²) in [5.41, 5.74) is 3.36. The van der Waals surface area contributed by atoms with Crippen molar-refractivity contribution in [2.24, 2.45) is 0 Å². The van der Waals surface area contributed by atoms with Gasteiger partial charge in [0.15, 0.2) is 0 Å². The predicted octanol–water partition coefficient (Wildman–Crippen LogP) is 2.92. The van der Waals surface area contributed by atoms with Gasteiger partial charge in [-0.25, -0.2) is 0 Å². The van der Waals surface area contributed by atoms with Crippen LogP contribution in [0, 0.1) is 6.92 Å². The molecule has 6 nitrogen and oxygen atoms in total. The molecule has 1 aromatic carbocycles. The lowest BCUT2D eigenvalue weighted by molar-refractivity contribution is 0.0643. The molecule has 2 heterocycles. The summed E-state index contributed by atoms with van der Waals surface area (Å²) in [4.78, 5) is 21.3. The molecule has 1 aromatic heterocycles. The maximum absolute atomic E-state index is 12.8. The van der Waals surface area contributed by atoms with Crippen LogP contribution in [0.5, 0.6) is 5.75 Å². The van der Waals surface area contributed by atoms with Crippen molar-refractivity contribution in [3.8, 4) is 5.75 Å². The molecule has 138 valence electrons. The second-order valence-electron chi connectivity index (χ2n) is 6.52. The van der Waals surface area contributed by atoms with Crippen LogP contribution in [-0.4, -0.2) is 60.5 Å². The Bertz CT molecular complexity index is 770. The Morgan fingerprint density at radius 1 is 1.19 bits per heavy atom. The summed E-state index contributed by atoms with van der Waals surface area (Å²) in [6.45, 7) is 8.57. The van der Waals surface area contributed by atoms with Gasteiger partial charge >= 0.3 is 0 Å². The SMILES string of the molecule is CCN1CCN(C(=O)c2cncc(Nc3cc(C)ccc3OC)c2)CC1. The number of aryl methyl sites for hydroxylation is 1. The van der Waals surface area contributed by atoms with Gasteiger partial charge in [-0.2, -0.15) is 0 Å². The van der Waals surface area contributed by atoms with Gasteiger partial charge in [0.1, 0.15) is 5.75 Å². The number of rotatable bonds is 5. The highest BCUT2D eigenvalue weighted by atomic mass is 16.5. The first-order valence-electron chi connectivity index (χ1n) is 8.99. The van der Waals surface area contributed by atoms with E-state index >= 15 is 0 Å². The first-order valence-corrected chi connectivity index (χ1v) is 8.99. The molecule has 1 N–H and O–H groups in total. The number of benzene rings is 1. The Kier molecular flexibility index (Phi) is 5.73. The first-order chi connectivity index (χ1) is 12.6. The molecule has 1 amide bonds. The third kappa shape index (κ3) is 4.14. The summed E-state index contributed by atoms with van der Waals surface area (Å²) in [5.74, 6) is 0.788. The van der Waals surface area contributed by atoms with E-state index in [4.69, 9.17) is 4.74 Å². The Balaban J connectivity index is 1.74. The summed E-state index contributed by atoms with van der Waals surface area (Å²) in [6, 6.07) is 7.78. The average Bonchev–Trinajstić information content (AvgIpc) is 2.68. The van der Waals surface area contributed by atoms with E-state index in [0.717, 1.165) is 55.4 Å². The molecular formula is C20H26N4O2. The minimum absolute atomic E-state index is 0.0353. The zero-order valence-corrected chi connectivity index (χ0v) is 15.7. The van der Waals surface area contributed by atoms with Crippen LogP contribution in [0.4, 0.5) is 11.4 Å². The van der Waals surface area contributed by atoms with Gasteiger partial charge in [-0.15, -0.1) is 0 Å². The molecule has 6 heteroatoms. The quantitative estimate of drug-likeness (QED) is 0.895. The number of aromatic nitrogens is 1. The van der Waals surface area contributed by atoms with E-state index in [1.165, 1.54) is 0 Å². The fraction of sp³-hybridized carbons (Fsp3) is 0.400. The van der Waals surface area contributed by atoms with E-state index in [2.05, 4.69) is 22.1 Å². The number of likely N-dealkylation sites (N-methyl/N-ethyl adjacent to an activating group) is 1.